The first kappa shape index (κ1) is 27.7. The topological polar surface area (TPSA) is 13.1 Å². The maximum atomic E-state index is 7.01. The first-order chi connectivity index (χ1) is 24.3. The molecule has 1 heteroatoms. The summed E-state index contributed by atoms with van der Waals surface area (Å²) in [5.41, 5.74) is 11.3. The van der Waals surface area contributed by atoms with Gasteiger partial charge in [0.1, 0.15) is 11.2 Å². The number of hydrogen-bond donors (Lipinski definition) is 0. The Kier molecular flexibility index (Phi) is 6.25. The highest BCUT2D eigenvalue weighted by molar-refractivity contribution is 6.32. The smallest absolute Gasteiger partial charge is 0.143 e. The van der Waals surface area contributed by atoms with Crippen molar-refractivity contribution in [1.29, 1.82) is 0 Å². The van der Waals surface area contributed by atoms with Gasteiger partial charge in [-0.15, -0.1) is 0 Å². The van der Waals surface area contributed by atoms with Crippen LogP contribution in [0.15, 0.2) is 186 Å². The second-order valence-corrected chi connectivity index (χ2v) is 12.9. The minimum absolute atomic E-state index is 0.919. The van der Waals surface area contributed by atoms with Crippen molar-refractivity contribution in [3.05, 3.63) is 182 Å². The molecule has 0 saturated heterocycles. The molecule has 0 saturated carbocycles. The van der Waals surface area contributed by atoms with E-state index < -0.39 is 0 Å². The summed E-state index contributed by atoms with van der Waals surface area (Å²) < 4.78 is 7.01. The van der Waals surface area contributed by atoms with Gasteiger partial charge >= 0.3 is 0 Å². The van der Waals surface area contributed by atoms with Crippen LogP contribution < -0.4 is 0 Å². The summed E-state index contributed by atoms with van der Waals surface area (Å²) in [4.78, 5) is 0. The zero-order valence-corrected chi connectivity index (χ0v) is 26.7. The number of rotatable bonds is 4. The van der Waals surface area contributed by atoms with Crippen LogP contribution in [0.3, 0.4) is 0 Å². The fraction of sp³-hybridized carbons (Fsp3) is 0. The lowest BCUT2D eigenvalue weighted by molar-refractivity contribution is 0.674. The van der Waals surface area contributed by atoms with Gasteiger partial charge in [-0.2, -0.15) is 0 Å². The monoisotopic (exact) mass is 622 g/mol. The highest BCUT2D eigenvalue weighted by atomic mass is 16.3. The van der Waals surface area contributed by atoms with E-state index in [0.717, 1.165) is 33.1 Å². The van der Waals surface area contributed by atoms with Gasteiger partial charge in [0.2, 0.25) is 0 Å². The third kappa shape index (κ3) is 4.47. The van der Waals surface area contributed by atoms with Gasteiger partial charge in [0, 0.05) is 21.7 Å². The van der Waals surface area contributed by atoms with E-state index in [2.05, 4.69) is 182 Å². The maximum Gasteiger partial charge on any atom is 0.143 e. The molecule has 0 N–H and O–H groups in total. The maximum absolute atomic E-state index is 7.01. The summed E-state index contributed by atoms with van der Waals surface area (Å²) in [7, 11) is 0. The van der Waals surface area contributed by atoms with Crippen molar-refractivity contribution in [2.75, 3.05) is 0 Å². The van der Waals surface area contributed by atoms with Crippen molar-refractivity contribution in [2.24, 2.45) is 0 Å². The van der Waals surface area contributed by atoms with E-state index in [4.69, 9.17) is 4.42 Å². The molecule has 1 heterocycles. The SMILES string of the molecule is c1ccc(-c2cc(-c3ccccc3)cc(-c3cccc(-c4cccc5c4oc4c5ccc5c6ccccc6c6ccccc6c54)c3)c2)cc1. The molecule has 9 aromatic carbocycles. The molecule has 0 atom stereocenters. The average Bonchev–Trinajstić information content (AvgIpc) is 3.58. The van der Waals surface area contributed by atoms with Gasteiger partial charge in [-0.3, -0.25) is 0 Å². The molecule has 1 aromatic heterocycles. The van der Waals surface area contributed by atoms with Gasteiger partial charge in [-0.1, -0.05) is 152 Å². The van der Waals surface area contributed by atoms with E-state index in [1.807, 2.05) is 0 Å². The first-order valence-corrected chi connectivity index (χ1v) is 16.8. The van der Waals surface area contributed by atoms with Gasteiger partial charge in [0.15, 0.2) is 0 Å². The van der Waals surface area contributed by atoms with Crippen molar-refractivity contribution < 1.29 is 4.42 Å². The third-order valence-electron chi connectivity index (χ3n) is 10.0. The molecule has 228 valence electrons. The molecule has 0 bridgehead atoms. The van der Waals surface area contributed by atoms with Crippen molar-refractivity contribution in [1.82, 2.24) is 0 Å². The molecule has 0 unspecified atom stereocenters. The largest absolute Gasteiger partial charge is 0.455 e. The quantitative estimate of drug-likeness (QED) is 0.178. The Balaban J connectivity index is 1.18. The molecule has 49 heavy (non-hydrogen) atoms. The molecule has 10 rings (SSSR count). The fourth-order valence-electron chi connectivity index (χ4n) is 7.72. The second kappa shape index (κ2) is 11.1. The lowest BCUT2D eigenvalue weighted by Crippen LogP contribution is -1.87. The normalized spacial score (nSPS) is 11.7. The molecule has 0 aliphatic carbocycles. The predicted octanol–water partition coefficient (Wildman–Crippen LogP) is 13.7. The molecule has 0 spiro atoms. The van der Waals surface area contributed by atoms with Gasteiger partial charge in [-0.05, 0) is 96.2 Å². The van der Waals surface area contributed by atoms with E-state index in [0.29, 0.717) is 0 Å². The molecule has 0 aliphatic rings. The second-order valence-electron chi connectivity index (χ2n) is 12.9. The molecule has 1 nitrogen and oxygen atoms in total. The van der Waals surface area contributed by atoms with E-state index in [1.165, 1.54) is 65.7 Å². The molecule has 0 fully saturated rings. The summed E-state index contributed by atoms with van der Waals surface area (Å²) in [6.07, 6.45) is 0. The van der Waals surface area contributed by atoms with Crippen LogP contribution in [0, 0.1) is 0 Å². The van der Waals surface area contributed by atoms with Crippen molar-refractivity contribution in [3.8, 4) is 44.5 Å². The van der Waals surface area contributed by atoms with Gasteiger partial charge in [-0.25, -0.2) is 0 Å². The Bertz CT molecular complexity index is 2770. The Morgan fingerprint density at radius 1 is 0.245 bits per heavy atom. The summed E-state index contributed by atoms with van der Waals surface area (Å²) in [5.74, 6) is 0. The minimum Gasteiger partial charge on any atom is -0.455 e. The lowest BCUT2D eigenvalue weighted by Gasteiger charge is -2.12. The minimum atomic E-state index is 0.919. The van der Waals surface area contributed by atoms with E-state index in [1.54, 1.807) is 0 Å². The van der Waals surface area contributed by atoms with Crippen LogP contribution in [0.4, 0.5) is 0 Å². The van der Waals surface area contributed by atoms with Crippen LogP contribution in [-0.4, -0.2) is 0 Å². The molecule has 0 radical (unpaired) electrons. The molecule has 0 aliphatic heterocycles. The number of hydrogen-bond acceptors (Lipinski definition) is 1. The Morgan fingerprint density at radius 2 is 0.653 bits per heavy atom. The standard InChI is InChI=1S/C48H30O/c1-3-13-31(14-4-1)35-28-36(32-15-5-2-6-16-32)30-37(29-35)33-17-11-18-34(27-33)38-23-12-24-44-45-26-25-43-41-21-8-7-19-39(41)40-20-9-10-22-42(40)46(43)48(45)49-47(38)44/h1-30H. The van der Waals surface area contributed by atoms with Crippen LogP contribution >= 0.6 is 0 Å². The fourth-order valence-corrected chi connectivity index (χ4v) is 7.72. The van der Waals surface area contributed by atoms with Crippen molar-refractivity contribution in [3.63, 3.8) is 0 Å². The van der Waals surface area contributed by atoms with Crippen molar-refractivity contribution in [2.45, 2.75) is 0 Å². The van der Waals surface area contributed by atoms with E-state index in [-0.39, 0.29) is 0 Å². The Hall–Kier alpha value is -6.44. The van der Waals surface area contributed by atoms with Crippen LogP contribution in [-0.2, 0) is 0 Å². The van der Waals surface area contributed by atoms with Crippen molar-refractivity contribution >= 4 is 54.3 Å². The average molecular weight is 623 g/mol. The molecular formula is C48H30O. The number of benzene rings is 9. The predicted molar refractivity (Wildman–Crippen MR) is 208 cm³/mol. The molecular weight excluding hydrogens is 593 g/mol. The zero-order valence-electron chi connectivity index (χ0n) is 26.7. The summed E-state index contributed by atoms with van der Waals surface area (Å²) in [6.45, 7) is 0. The number of furan rings is 1. The van der Waals surface area contributed by atoms with Crippen LogP contribution in [0.2, 0.25) is 0 Å². The summed E-state index contributed by atoms with van der Waals surface area (Å²) >= 11 is 0. The Labute approximate surface area is 284 Å². The first-order valence-electron chi connectivity index (χ1n) is 16.8. The van der Waals surface area contributed by atoms with Crippen LogP contribution in [0.25, 0.3) is 98.8 Å². The molecule has 10 aromatic rings. The highest BCUT2D eigenvalue weighted by Crippen LogP contribution is 2.44. The zero-order chi connectivity index (χ0) is 32.3. The van der Waals surface area contributed by atoms with Gasteiger partial charge in [0.25, 0.3) is 0 Å². The number of para-hydroxylation sites is 1. The molecule has 0 amide bonds. The Morgan fingerprint density at radius 3 is 1.31 bits per heavy atom. The summed E-state index contributed by atoms with van der Waals surface area (Å²) in [6, 6.07) is 65.6. The number of fused-ring (bicyclic) bond motifs is 10. The van der Waals surface area contributed by atoms with Crippen LogP contribution in [0.1, 0.15) is 0 Å². The van der Waals surface area contributed by atoms with Gasteiger partial charge < -0.3 is 4.42 Å². The summed E-state index contributed by atoms with van der Waals surface area (Å²) in [5, 5.41) is 9.66. The lowest BCUT2D eigenvalue weighted by atomic mass is 9.92. The highest BCUT2D eigenvalue weighted by Gasteiger charge is 2.18. The van der Waals surface area contributed by atoms with E-state index >= 15 is 0 Å². The van der Waals surface area contributed by atoms with Crippen LogP contribution in [0.5, 0.6) is 0 Å². The van der Waals surface area contributed by atoms with Gasteiger partial charge in [0.05, 0.1) is 0 Å². The van der Waals surface area contributed by atoms with E-state index in [9.17, 15) is 0 Å². The third-order valence-corrected chi connectivity index (χ3v) is 10.0.